The van der Waals surface area contributed by atoms with E-state index in [2.05, 4.69) is 20.8 Å². The standard InChI is InChI=1S/C13H20N4O4S/c1-21-7-2-6-14-12-4-3-11(16-17-12)13(18)15-10-5-8-22(19,20)9-10/h3-4,10H,2,5-9H2,1H3,(H,14,17)(H,15,18). The number of rotatable bonds is 7. The van der Waals surface area contributed by atoms with Gasteiger partial charge in [-0.2, -0.15) is 0 Å². The Kier molecular flexibility index (Phi) is 5.67. The van der Waals surface area contributed by atoms with Crippen LogP contribution in [-0.4, -0.2) is 62.3 Å². The summed E-state index contributed by atoms with van der Waals surface area (Å²) in [6, 6.07) is 2.89. The largest absolute Gasteiger partial charge is 0.385 e. The summed E-state index contributed by atoms with van der Waals surface area (Å²) >= 11 is 0. The number of carbonyl (C=O) groups excluding carboxylic acids is 1. The van der Waals surface area contributed by atoms with Crippen LogP contribution in [-0.2, 0) is 14.6 Å². The van der Waals surface area contributed by atoms with Gasteiger partial charge in [0.1, 0.15) is 5.82 Å². The number of amides is 1. The van der Waals surface area contributed by atoms with Crippen LogP contribution in [0.2, 0.25) is 0 Å². The molecule has 2 rings (SSSR count). The molecule has 0 aliphatic carbocycles. The van der Waals surface area contributed by atoms with Crippen LogP contribution in [0.3, 0.4) is 0 Å². The van der Waals surface area contributed by atoms with Crippen molar-refractivity contribution in [2.45, 2.75) is 18.9 Å². The molecule has 22 heavy (non-hydrogen) atoms. The monoisotopic (exact) mass is 328 g/mol. The highest BCUT2D eigenvalue weighted by atomic mass is 32.2. The minimum Gasteiger partial charge on any atom is -0.385 e. The number of carbonyl (C=O) groups is 1. The first-order valence-electron chi connectivity index (χ1n) is 7.08. The van der Waals surface area contributed by atoms with Crippen molar-refractivity contribution < 1.29 is 17.9 Å². The normalized spacial score (nSPS) is 19.8. The Morgan fingerprint density at radius 3 is 2.82 bits per heavy atom. The zero-order chi connectivity index (χ0) is 16.0. The second kappa shape index (κ2) is 7.50. The van der Waals surface area contributed by atoms with Crippen molar-refractivity contribution in [3.8, 4) is 0 Å². The van der Waals surface area contributed by atoms with Crippen LogP contribution in [0.1, 0.15) is 23.3 Å². The predicted molar refractivity (Wildman–Crippen MR) is 81.5 cm³/mol. The molecule has 1 saturated heterocycles. The van der Waals surface area contributed by atoms with Crippen molar-refractivity contribution in [2.24, 2.45) is 0 Å². The molecular weight excluding hydrogens is 308 g/mol. The van der Waals surface area contributed by atoms with Crippen LogP contribution in [0.5, 0.6) is 0 Å². The summed E-state index contributed by atoms with van der Waals surface area (Å²) < 4.78 is 27.6. The van der Waals surface area contributed by atoms with Gasteiger partial charge in [-0.1, -0.05) is 0 Å². The first kappa shape index (κ1) is 16.6. The van der Waals surface area contributed by atoms with Gasteiger partial charge in [0.2, 0.25) is 0 Å². The molecule has 0 saturated carbocycles. The Bertz CT molecular complexity index is 603. The van der Waals surface area contributed by atoms with Crippen LogP contribution in [0, 0.1) is 0 Å². The summed E-state index contributed by atoms with van der Waals surface area (Å²) in [6.45, 7) is 1.36. The lowest BCUT2D eigenvalue weighted by molar-refractivity contribution is 0.0935. The zero-order valence-corrected chi connectivity index (χ0v) is 13.2. The SMILES string of the molecule is COCCCNc1ccc(C(=O)NC2CCS(=O)(=O)C2)nn1. The molecule has 1 unspecified atom stereocenters. The fraction of sp³-hybridized carbons (Fsp3) is 0.615. The molecule has 1 aromatic rings. The van der Waals surface area contributed by atoms with E-state index in [4.69, 9.17) is 4.74 Å². The van der Waals surface area contributed by atoms with E-state index in [0.717, 1.165) is 6.42 Å². The van der Waals surface area contributed by atoms with Gasteiger partial charge in [0, 0.05) is 26.3 Å². The smallest absolute Gasteiger partial charge is 0.272 e. The quantitative estimate of drug-likeness (QED) is 0.669. The van der Waals surface area contributed by atoms with Crippen molar-refractivity contribution in [1.29, 1.82) is 0 Å². The number of anilines is 1. The Labute approximate surface area is 129 Å². The number of methoxy groups -OCH3 is 1. The summed E-state index contributed by atoms with van der Waals surface area (Å²) in [5.41, 5.74) is 0.173. The first-order chi connectivity index (χ1) is 10.5. The maximum absolute atomic E-state index is 12.0. The predicted octanol–water partition coefficient (Wildman–Crippen LogP) is -0.158. The number of sulfone groups is 1. The van der Waals surface area contributed by atoms with Gasteiger partial charge >= 0.3 is 0 Å². The molecule has 1 aliphatic heterocycles. The van der Waals surface area contributed by atoms with Crippen molar-refractivity contribution in [1.82, 2.24) is 15.5 Å². The van der Waals surface area contributed by atoms with E-state index in [1.165, 1.54) is 0 Å². The molecule has 1 amide bonds. The number of hydrogen-bond donors (Lipinski definition) is 2. The second-order valence-corrected chi connectivity index (χ2v) is 7.38. The van der Waals surface area contributed by atoms with Gasteiger partial charge in [0.15, 0.2) is 15.5 Å². The third-order valence-electron chi connectivity index (χ3n) is 3.30. The van der Waals surface area contributed by atoms with E-state index >= 15 is 0 Å². The maximum atomic E-state index is 12.0. The van der Waals surface area contributed by atoms with Crippen LogP contribution >= 0.6 is 0 Å². The molecule has 1 aromatic heterocycles. The van der Waals surface area contributed by atoms with E-state index in [1.807, 2.05) is 0 Å². The van der Waals surface area contributed by atoms with Crippen LogP contribution in [0.15, 0.2) is 12.1 Å². The summed E-state index contributed by atoms with van der Waals surface area (Å²) in [6.07, 6.45) is 1.29. The molecule has 1 fully saturated rings. The third kappa shape index (κ3) is 4.92. The molecule has 1 atom stereocenters. The van der Waals surface area contributed by atoms with Gasteiger partial charge in [-0.25, -0.2) is 8.42 Å². The highest BCUT2D eigenvalue weighted by Gasteiger charge is 2.29. The van der Waals surface area contributed by atoms with Gasteiger partial charge in [0.25, 0.3) is 5.91 Å². The summed E-state index contributed by atoms with van der Waals surface area (Å²) in [5.74, 6) is 0.288. The number of hydrogen-bond acceptors (Lipinski definition) is 7. The molecular formula is C13H20N4O4S. The molecule has 0 radical (unpaired) electrons. The molecule has 1 aliphatic rings. The minimum absolute atomic E-state index is 0.00862. The minimum atomic E-state index is -3.02. The Morgan fingerprint density at radius 2 is 2.23 bits per heavy atom. The Hall–Kier alpha value is -1.74. The highest BCUT2D eigenvalue weighted by Crippen LogP contribution is 2.12. The number of nitrogens with one attached hydrogen (secondary N) is 2. The first-order valence-corrected chi connectivity index (χ1v) is 8.90. The summed E-state index contributed by atoms with van der Waals surface area (Å²) in [7, 11) is -1.37. The van der Waals surface area contributed by atoms with Gasteiger partial charge in [-0.3, -0.25) is 4.79 Å². The van der Waals surface area contributed by atoms with Crippen LogP contribution in [0.4, 0.5) is 5.82 Å². The maximum Gasteiger partial charge on any atom is 0.272 e. The summed E-state index contributed by atoms with van der Waals surface area (Å²) in [4.78, 5) is 12.0. The van der Waals surface area contributed by atoms with Crippen LogP contribution in [0.25, 0.3) is 0 Å². The topological polar surface area (TPSA) is 110 Å². The van der Waals surface area contributed by atoms with Gasteiger partial charge < -0.3 is 15.4 Å². The lowest BCUT2D eigenvalue weighted by Crippen LogP contribution is -2.36. The van der Waals surface area contributed by atoms with E-state index in [1.54, 1.807) is 19.2 Å². The van der Waals surface area contributed by atoms with Gasteiger partial charge in [0.05, 0.1) is 11.5 Å². The van der Waals surface area contributed by atoms with Gasteiger partial charge in [-0.15, -0.1) is 10.2 Å². The van der Waals surface area contributed by atoms with E-state index in [9.17, 15) is 13.2 Å². The fourth-order valence-corrected chi connectivity index (χ4v) is 3.82. The fourth-order valence-electron chi connectivity index (χ4n) is 2.15. The molecule has 9 heteroatoms. The Morgan fingerprint density at radius 1 is 1.41 bits per heavy atom. The lowest BCUT2D eigenvalue weighted by Gasteiger charge is -2.10. The molecule has 0 spiro atoms. The molecule has 0 aromatic carbocycles. The van der Waals surface area contributed by atoms with E-state index in [-0.39, 0.29) is 23.2 Å². The Balaban J connectivity index is 1.83. The third-order valence-corrected chi connectivity index (χ3v) is 5.06. The van der Waals surface area contributed by atoms with Crippen LogP contribution < -0.4 is 10.6 Å². The van der Waals surface area contributed by atoms with Gasteiger partial charge in [-0.05, 0) is 25.0 Å². The van der Waals surface area contributed by atoms with Crippen molar-refractivity contribution in [3.05, 3.63) is 17.8 Å². The van der Waals surface area contributed by atoms with Crippen molar-refractivity contribution in [2.75, 3.05) is 37.1 Å². The molecule has 0 bridgehead atoms. The number of aromatic nitrogens is 2. The average molecular weight is 328 g/mol. The molecule has 2 N–H and O–H groups in total. The summed E-state index contributed by atoms with van der Waals surface area (Å²) in [5, 5.41) is 13.5. The van der Waals surface area contributed by atoms with Crippen molar-refractivity contribution in [3.63, 3.8) is 0 Å². The number of nitrogens with zero attached hydrogens (tertiary/aromatic N) is 2. The zero-order valence-electron chi connectivity index (χ0n) is 12.4. The number of ether oxygens (including phenoxy) is 1. The molecule has 122 valence electrons. The average Bonchev–Trinajstić information content (AvgIpc) is 2.83. The van der Waals surface area contributed by atoms with E-state index in [0.29, 0.717) is 25.4 Å². The van der Waals surface area contributed by atoms with Crippen molar-refractivity contribution >= 4 is 21.6 Å². The highest BCUT2D eigenvalue weighted by molar-refractivity contribution is 7.91. The second-order valence-electron chi connectivity index (χ2n) is 5.15. The van der Waals surface area contributed by atoms with E-state index < -0.39 is 15.7 Å². The lowest BCUT2D eigenvalue weighted by atomic mass is 10.2. The molecule has 8 nitrogen and oxygen atoms in total. The molecule has 2 heterocycles.